The Balaban J connectivity index is 1.19. The first-order chi connectivity index (χ1) is 16.2. The molecule has 1 aromatic heterocycles. The molecule has 0 N–H and O–H groups in total. The summed E-state index contributed by atoms with van der Waals surface area (Å²) in [6, 6.07) is 20.5. The smallest absolute Gasteiger partial charge is 0.227 e. The molecule has 1 unspecified atom stereocenters. The van der Waals surface area contributed by atoms with Gasteiger partial charge in [-0.25, -0.2) is 4.39 Å². The van der Waals surface area contributed by atoms with Gasteiger partial charge in [0.1, 0.15) is 5.82 Å². The van der Waals surface area contributed by atoms with Crippen LogP contribution in [0.5, 0.6) is 0 Å². The molecule has 2 aliphatic rings. The standard InChI is InChI=1S/C26H28FN5O/c27-22-10-8-20(9-11-22)24-12-13-25(29-28-24)32-14-4-5-21(19-32)26(33)31-17-15-30(16-18-31)23-6-2-1-3-7-23/h1-3,6-13,21H,4-5,14-19H2. The Kier molecular flexibility index (Phi) is 6.19. The minimum Gasteiger partial charge on any atom is -0.368 e. The summed E-state index contributed by atoms with van der Waals surface area (Å²) in [6.07, 6.45) is 1.87. The van der Waals surface area contributed by atoms with Crippen LogP contribution in [-0.2, 0) is 4.79 Å². The van der Waals surface area contributed by atoms with Gasteiger partial charge >= 0.3 is 0 Å². The predicted molar refractivity (Wildman–Crippen MR) is 128 cm³/mol. The van der Waals surface area contributed by atoms with Gasteiger partial charge in [-0.15, -0.1) is 10.2 Å². The molecular formula is C26H28FN5O. The lowest BCUT2D eigenvalue weighted by molar-refractivity contribution is -0.136. The van der Waals surface area contributed by atoms with Crippen LogP contribution in [0.1, 0.15) is 12.8 Å². The Bertz CT molecular complexity index is 1070. The van der Waals surface area contributed by atoms with Crippen LogP contribution in [0.25, 0.3) is 11.3 Å². The third kappa shape index (κ3) is 4.82. The second-order valence-electron chi connectivity index (χ2n) is 8.72. The van der Waals surface area contributed by atoms with E-state index in [9.17, 15) is 9.18 Å². The molecule has 170 valence electrons. The monoisotopic (exact) mass is 445 g/mol. The molecule has 6 nitrogen and oxygen atoms in total. The Labute approximate surface area is 193 Å². The predicted octanol–water partition coefficient (Wildman–Crippen LogP) is 3.85. The summed E-state index contributed by atoms with van der Waals surface area (Å²) in [7, 11) is 0. The maximum atomic E-state index is 13.3. The Morgan fingerprint density at radius 2 is 1.58 bits per heavy atom. The topological polar surface area (TPSA) is 52.6 Å². The number of hydrogen-bond acceptors (Lipinski definition) is 5. The van der Waals surface area contributed by atoms with Gasteiger partial charge in [0, 0.05) is 50.5 Å². The van der Waals surface area contributed by atoms with Gasteiger partial charge in [0.25, 0.3) is 0 Å². The van der Waals surface area contributed by atoms with Gasteiger partial charge in [0.2, 0.25) is 5.91 Å². The van der Waals surface area contributed by atoms with Crippen molar-refractivity contribution in [1.82, 2.24) is 15.1 Å². The fraction of sp³-hybridized carbons (Fsp3) is 0.346. The van der Waals surface area contributed by atoms with Gasteiger partial charge in [0.05, 0.1) is 11.6 Å². The van der Waals surface area contributed by atoms with Crippen LogP contribution in [0.15, 0.2) is 66.7 Å². The summed E-state index contributed by atoms with van der Waals surface area (Å²) < 4.78 is 13.2. The molecule has 33 heavy (non-hydrogen) atoms. The van der Waals surface area contributed by atoms with Crippen LogP contribution in [0, 0.1) is 11.7 Å². The van der Waals surface area contributed by atoms with E-state index in [1.54, 1.807) is 12.1 Å². The molecule has 0 aliphatic carbocycles. The average molecular weight is 446 g/mol. The lowest BCUT2D eigenvalue weighted by Crippen LogP contribution is -2.52. The zero-order chi connectivity index (χ0) is 22.6. The summed E-state index contributed by atoms with van der Waals surface area (Å²) in [6.45, 7) is 4.79. The third-order valence-electron chi connectivity index (χ3n) is 6.60. The molecular weight excluding hydrogens is 417 g/mol. The van der Waals surface area contributed by atoms with Crippen LogP contribution in [0.2, 0.25) is 0 Å². The number of benzene rings is 2. The number of hydrogen-bond donors (Lipinski definition) is 0. The first-order valence-corrected chi connectivity index (χ1v) is 11.6. The van der Waals surface area contributed by atoms with Crippen molar-refractivity contribution in [3.63, 3.8) is 0 Å². The molecule has 0 spiro atoms. The fourth-order valence-corrected chi connectivity index (χ4v) is 4.74. The summed E-state index contributed by atoms with van der Waals surface area (Å²) in [5.41, 5.74) is 2.76. The van der Waals surface area contributed by atoms with Crippen molar-refractivity contribution in [3.8, 4) is 11.3 Å². The van der Waals surface area contributed by atoms with Crippen LogP contribution in [-0.4, -0.2) is 60.3 Å². The minimum atomic E-state index is -0.270. The molecule has 3 heterocycles. The number of carbonyl (C=O) groups is 1. The van der Waals surface area contributed by atoms with Crippen LogP contribution < -0.4 is 9.80 Å². The average Bonchev–Trinajstić information content (AvgIpc) is 2.89. The number of piperazine rings is 1. The van der Waals surface area contributed by atoms with E-state index < -0.39 is 0 Å². The SMILES string of the molecule is O=C(C1CCCN(c2ccc(-c3ccc(F)cc3)nn2)C1)N1CCN(c2ccccc2)CC1. The summed E-state index contributed by atoms with van der Waals surface area (Å²) >= 11 is 0. The highest BCUT2D eigenvalue weighted by Gasteiger charge is 2.31. The number of aromatic nitrogens is 2. The molecule has 1 amide bonds. The maximum absolute atomic E-state index is 13.3. The Morgan fingerprint density at radius 1 is 0.818 bits per heavy atom. The van der Waals surface area contributed by atoms with E-state index in [2.05, 4.69) is 44.3 Å². The second kappa shape index (κ2) is 9.57. The molecule has 7 heteroatoms. The summed E-state index contributed by atoms with van der Waals surface area (Å²) in [4.78, 5) is 19.8. The van der Waals surface area contributed by atoms with E-state index in [0.29, 0.717) is 12.2 Å². The van der Waals surface area contributed by atoms with Gasteiger partial charge < -0.3 is 14.7 Å². The summed E-state index contributed by atoms with van der Waals surface area (Å²) in [5.74, 6) is 0.755. The first-order valence-electron chi connectivity index (χ1n) is 11.6. The van der Waals surface area contributed by atoms with Crippen LogP contribution in [0.3, 0.4) is 0 Å². The van der Waals surface area contributed by atoms with E-state index in [-0.39, 0.29) is 17.6 Å². The van der Waals surface area contributed by atoms with Gasteiger partial charge in [-0.3, -0.25) is 4.79 Å². The number of carbonyl (C=O) groups excluding carboxylic acids is 1. The number of para-hydroxylation sites is 1. The van der Waals surface area contributed by atoms with E-state index in [1.807, 2.05) is 23.1 Å². The fourth-order valence-electron chi connectivity index (χ4n) is 4.74. The molecule has 2 saturated heterocycles. The molecule has 3 aromatic rings. The van der Waals surface area contributed by atoms with Crippen LogP contribution in [0.4, 0.5) is 15.9 Å². The molecule has 0 bridgehead atoms. The molecule has 1 atom stereocenters. The van der Waals surface area contributed by atoms with E-state index >= 15 is 0 Å². The molecule has 0 saturated carbocycles. The zero-order valence-electron chi connectivity index (χ0n) is 18.6. The number of amides is 1. The number of piperidine rings is 1. The van der Waals surface area contributed by atoms with Gasteiger partial charge in [-0.05, 0) is 61.4 Å². The molecule has 2 aromatic carbocycles. The van der Waals surface area contributed by atoms with Crippen molar-refractivity contribution in [1.29, 1.82) is 0 Å². The largest absolute Gasteiger partial charge is 0.368 e. The second-order valence-corrected chi connectivity index (χ2v) is 8.72. The molecule has 2 aliphatic heterocycles. The zero-order valence-corrected chi connectivity index (χ0v) is 18.6. The van der Waals surface area contributed by atoms with Gasteiger partial charge in [0.15, 0.2) is 5.82 Å². The molecule has 0 radical (unpaired) electrons. The number of halogens is 1. The van der Waals surface area contributed by atoms with Crippen molar-refractivity contribution < 1.29 is 9.18 Å². The highest BCUT2D eigenvalue weighted by Crippen LogP contribution is 2.25. The van der Waals surface area contributed by atoms with Crippen molar-refractivity contribution in [3.05, 3.63) is 72.5 Å². The van der Waals surface area contributed by atoms with Gasteiger partial charge in [-0.2, -0.15) is 0 Å². The normalized spacial score (nSPS) is 18.9. The highest BCUT2D eigenvalue weighted by atomic mass is 19.1. The van der Waals surface area contributed by atoms with Gasteiger partial charge in [-0.1, -0.05) is 18.2 Å². The third-order valence-corrected chi connectivity index (χ3v) is 6.60. The Morgan fingerprint density at radius 3 is 2.27 bits per heavy atom. The van der Waals surface area contributed by atoms with Crippen molar-refractivity contribution >= 4 is 17.4 Å². The maximum Gasteiger partial charge on any atom is 0.227 e. The molecule has 2 fully saturated rings. The lowest BCUT2D eigenvalue weighted by Gasteiger charge is -2.40. The Hall–Kier alpha value is -3.48. The van der Waals surface area contributed by atoms with Crippen LogP contribution >= 0.6 is 0 Å². The van der Waals surface area contributed by atoms with E-state index in [1.165, 1.54) is 17.8 Å². The van der Waals surface area contributed by atoms with E-state index in [0.717, 1.165) is 56.9 Å². The number of nitrogens with zero attached hydrogens (tertiary/aromatic N) is 5. The summed E-state index contributed by atoms with van der Waals surface area (Å²) in [5, 5.41) is 8.74. The number of anilines is 2. The van der Waals surface area contributed by atoms with Crippen molar-refractivity contribution in [2.24, 2.45) is 5.92 Å². The highest BCUT2D eigenvalue weighted by molar-refractivity contribution is 5.80. The molecule has 5 rings (SSSR count). The number of rotatable bonds is 4. The van der Waals surface area contributed by atoms with E-state index in [4.69, 9.17) is 0 Å². The minimum absolute atomic E-state index is 0.0133. The first kappa shape index (κ1) is 21.4. The lowest BCUT2D eigenvalue weighted by atomic mass is 9.96. The quantitative estimate of drug-likeness (QED) is 0.611. The van der Waals surface area contributed by atoms with Crippen molar-refractivity contribution in [2.75, 3.05) is 49.1 Å². The van der Waals surface area contributed by atoms with Crippen molar-refractivity contribution in [2.45, 2.75) is 12.8 Å².